The van der Waals surface area contributed by atoms with Gasteiger partial charge in [-0.3, -0.25) is 4.79 Å². The second kappa shape index (κ2) is 22.2. The predicted molar refractivity (Wildman–Crippen MR) is 200 cm³/mol. The zero-order valence-electron chi connectivity index (χ0n) is 29.7. The average molecular weight is 654 g/mol. The van der Waals surface area contributed by atoms with Gasteiger partial charge in [0.05, 0.1) is 5.52 Å². The molecule has 0 saturated heterocycles. The molecule has 1 aromatic carbocycles. The van der Waals surface area contributed by atoms with Crippen molar-refractivity contribution in [3.05, 3.63) is 24.0 Å². The van der Waals surface area contributed by atoms with E-state index in [1.165, 1.54) is 88.8 Å². The highest BCUT2D eigenvalue weighted by Crippen LogP contribution is 2.31. The summed E-state index contributed by atoms with van der Waals surface area (Å²) in [5.41, 5.74) is 8.92. The first-order valence-electron chi connectivity index (χ1n) is 18.6. The predicted octanol–water partition coefficient (Wildman–Crippen LogP) is 9.46. The molecule has 3 rings (SSSR count). The summed E-state index contributed by atoms with van der Waals surface area (Å²) in [5.74, 6) is 1.52. The zero-order chi connectivity index (χ0) is 33.0. The number of hydrogen-bond donors (Lipinski definition) is 2. The third-order valence-corrected chi connectivity index (χ3v) is 10.3. The summed E-state index contributed by atoms with van der Waals surface area (Å²) in [4.78, 5) is 28.3. The van der Waals surface area contributed by atoms with Gasteiger partial charge < -0.3 is 15.9 Å². The number of carbonyl (C=O) groups excluding carboxylic acids is 1. The number of aryl methyl sites for hydroxylation is 1. The Morgan fingerprint density at radius 3 is 2.02 bits per heavy atom. The maximum absolute atomic E-state index is 12.3. The first kappa shape index (κ1) is 38.1. The van der Waals surface area contributed by atoms with E-state index < -0.39 is 0 Å². The van der Waals surface area contributed by atoms with Gasteiger partial charge in [0.25, 0.3) is 0 Å². The molecular formula is C38H64N5O2P. The SMILES string of the molecule is CCCCCCCCCCCCCCCCCC(=O)NCCCCOn1c(CCCC)nc2c(N)nc3cc(P(C)C)ccc3c21. The molecule has 0 bridgehead atoms. The molecule has 7 nitrogen and oxygen atoms in total. The van der Waals surface area contributed by atoms with E-state index in [-0.39, 0.29) is 13.8 Å². The molecular weight excluding hydrogens is 589 g/mol. The van der Waals surface area contributed by atoms with Gasteiger partial charge in [-0.05, 0) is 56.5 Å². The van der Waals surface area contributed by atoms with Gasteiger partial charge in [-0.1, -0.05) is 124 Å². The number of nitrogen functional groups attached to an aromatic ring is 1. The first-order chi connectivity index (χ1) is 22.5. The van der Waals surface area contributed by atoms with E-state index in [0.717, 1.165) is 67.2 Å². The Bertz CT molecular complexity index is 1290. The monoisotopic (exact) mass is 653 g/mol. The summed E-state index contributed by atoms with van der Waals surface area (Å²) < 4.78 is 1.90. The van der Waals surface area contributed by atoms with Gasteiger partial charge in [0.15, 0.2) is 5.82 Å². The molecule has 46 heavy (non-hydrogen) atoms. The Labute approximate surface area is 280 Å². The molecule has 2 heterocycles. The average Bonchev–Trinajstić information content (AvgIpc) is 3.42. The molecule has 1 amide bonds. The van der Waals surface area contributed by atoms with E-state index >= 15 is 0 Å². The van der Waals surface area contributed by atoms with Crippen LogP contribution in [0.3, 0.4) is 0 Å². The van der Waals surface area contributed by atoms with Crippen molar-refractivity contribution in [2.45, 2.75) is 149 Å². The fraction of sp³-hybridized carbons (Fsp3) is 0.711. The van der Waals surface area contributed by atoms with Crippen LogP contribution in [-0.4, -0.2) is 47.1 Å². The molecule has 0 spiro atoms. The maximum Gasteiger partial charge on any atom is 0.219 e. The second-order valence-electron chi connectivity index (χ2n) is 13.3. The standard InChI is InChI=1S/C38H64N5O2P/c1-5-7-9-10-11-12-13-14-15-16-17-18-19-20-21-25-35(44)40-28-22-23-29-45-43-34(24-8-6-2)42-36-37(43)32-27-26-31(46(3)4)30-33(32)41-38(36)39/h26-27,30H,5-25,28-29H2,1-4H3,(H2,39,41)(H,40,44). The van der Waals surface area contributed by atoms with Gasteiger partial charge in [0, 0.05) is 24.8 Å². The Morgan fingerprint density at radius 2 is 1.41 bits per heavy atom. The molecule has 0 fully saturated rings. The number of pyridine rings is 1. The van der Waals surface area contributed by atoms with Crippen LogP contribution in [0.1, 0.15) is 148 Å². The number of nitrogens with zero attached hydrogens (tertiary/aromatic N) is 3. The lowest BCUT2D eigenvalue weighted by Gasteiger charge is -2.13. The van der Waals surface area contributed by atoms with E-state index in [2.05, 4.69) is 50.7 Å². The number of aromatic nitrogens is 3. The van der Waals surface area contributed by atoms with E-state index in [1.807, 2.05) is 4.73 Å². The summed E-state index contributed by atoms with van der Waals surface area (Å²) in [6.45, 7) is 10.2. The highest BCUT2D eigenvalue weighted by molar-refractivity contribution is 7.64. The number of amides is 1. The molecule has 0 aliphatic heterocycles. The van der Waals surface area contributed by atoms with Crippen molar-refractivity contribution in [2.75, 3.05) is 32.2 Å². The summed E-state index contributed by atoms with van der Waals surface area (Å²) in [5, 5.41) is 5.42. The fourth-order valence-corrected chi connectivity index (χ4v) is 6.88. The van der Waals surface area contributed by atoms with E-state index in [0.29, 0.717) is 30.9 Å². The number of anilines is 1. The third kappa shape index (κ3) is 13.0. The molecule has 8 heteroatoms. The van der Waals surface area contributed by atoms with Crippen LogP contribution in [0.2, 0.25) is 0 Å². The number of nitrogens with one attached hydrogen (secondary N) is 1. The van der Waals surface area contributed by atoms with Crippen LogP contribution in [-0.2, 0) is 11.2 Å². The normalized spacial score (nSPS) is 11.7. The minimum absolute atomic E-state index is 0.176. The Hall–Kier alpha value is -2.40. The molecule has 0 aliphatic carbocycles. The van der Waals surface area contributed by atoms with E-state index in [4.69, 9.17) is 20.5 Å². The third-order valence-electron chi connectivity index (χ3n) is 9.01. The number of nitrogens with two attached hydrogens (primary N) is 1. The van der Waals surface area contributed by atoms with Crippen molar-refractivity contribution < 1.29 is 9.63 Å². The van der Waals surface area contributed by atoms with Crippen LogP contribution >= 0.6 is 7.92 Å². The van der Waals surface area contributed by atoms with Crippen molar-refractivity contribution in [3.8, 4) is 0 Å². The van der Waals surface area contributed by atoms with Crippen LogP contribution in [0.25, 0.3) is 21.9 Å². The fourth-order valence-electron chi connectivity index (χ4n) is 6.13. The van der Waals surface area contributed by atoms with Crippen LogP contribution in [0.15, 0.2) is 18.2 Å². The Kier molecular flexibility index (Phi) is 18.4. The molecule has 0 radical (unpaired) electrons. The molecule has 0 aliphatic rings. The molecule has 2 aromatic heterocycles. The molecule has 0 atom stereocenters. The number of unbranched alkanes of at least 4 members (excludes halogenated alkanes) is 16. The number of rotatable bonds is 26. The largest absolute Gasteiger partial charge is 0.412 e. The lowest BCUT2D eigenvalue weighted by molar-refractivity contribution is -0.121. The number of imidazole rings is 1. The molecule has 3 aromatic rings. The van der Waals surface area contributed by atoms with Crippen LogP contribution in [0.5, 0.6) is 0 Å². The quantitative estimate of drug-likeness (QED) is 0.0665. The van der Waals surface area contributed by atoms with Crippen molar-refractivity contribution in [2.24, 2.45) is 0 Å². The van der Waals surface area contributed by atoms with Gasteiger partial charge in [0.2, 0.25) is 5.91 Å². The lowest BCUT2D eigenvalue weighted by atomic mass is 10.0. The van der Waals surface area contributed by atoms with Gasteiger partial charge in [-0.2, -0.15) is 4.73 Å². The van der Waals surface area contributed by atoms with Crippen molar-refractivity contribution in [1.82, 2.24) is 20.0 Å². The summed E-state index contributed by atoms with van der Waals surface area (Å²) in [6, 6.07) is 6.49. The van der Waals surface area contributed by atoms with Gasteiger partial charge >= 0.3 is 0 Å². The summed E-state index contributed by atoms with van der Waals surface area (Å²) >= 11 is 0. The van der Waals surface area contributed by atoms with Crippen molar-refractivity contribution in [1.29, 1.82) is 0 Å². The lowest BCUT2D eigenvalue weighted by Crippen LogP contribution is -2.24. The van der Waals surface area contributed by atoms with Gasteiger partial charge in [-0.25, -0.2) is 9.97 Å². The molecule has 258 valence electrons. The summed E-state index contributed by atoms with van der Waals surface area (Å²) in [6.07, 6.45) is 25.4. The Morgan fingerprint density at radius 1 is 0.804 bits per heavy atom. The number of fused-ring (bicyclic) bond motifs is 3. The number of carbonyl (C=O) groups is 1. The minimum Gasteiger partial charge on any atom is -0.412 e. The van der Waals surface area contributed by atoms with Crippen LogP contribution in [0, 0.1) is 0 Å². The number of hydrogen-bond acceptors (Lipinski definition) is 5. The highest BCUT2D eigenvalue weighted by atomic mass is 31.1. The maximum atomic E-state index is 12.3. The van der Waals surface area contributed by atoms with E-state index in [1.54, 1.807) is 0 Å². The zero-order valence-corrected chi connectivity index (χ0v) is 30.6. The highest BCUT2D eigenvalue weighted by Gasteiger charge is 2.19. The van der Waals surface area contributed by atoms with Crippen LogP contribution in [0.4, 0.5) is 5.82 Å². The number of benzene rings is 1. The first-order valence-corrected chi connectivity index (χ1v) is 20.9. The molecule has 0 saturated carbocycles. The van der Waals surface area contributed by atoms with E-state index in [9.17, 15) is 4.79 Å². The van der Waals surface area contributed by atoms with Crippen LogP contribution < -0.4 is 21.2 Å². The smallest absolute Gasteiger partial charge is 0.219 e. The van der Waals surface area contributed by atoms with Crippen molar-refractivity contribution in [3.63, 3.8) is 0 Å². The van der Waals surface area contributed by atoms with Crippen molar-refractivity contribution >= 4 is 46.9 Å². The Balaban J connectivity index is 1.30. The second-order valence-corrected chi connectivity index (χ2v) is 15.6. The summed E-state index contributed by atoms with van der Waals surface area (Å²) in [7, 11) is -0.229. The molecule has 0 unspecified atom stereocenters. The minimum atomic E-state index is -0.229. The molecule has 3 N–H and O–H groups in total. The van der Waals surface area contributed by atoms with Gasteiger partial charge in [-0.15, -0.1) is 0 Å². The van der Waals surface area contributed by atoms with Gasteiger partial charge in [0.1, 0.15) is 23.5 Å². The topological polar surface area (TPSA) is 95.1 Å².